The van der Waals surface area contributed by atoms with Crippen molar-refractivity contribution in [2.45, 2.75) is 29.8 Å². The van der Waals surface area contributed by atoms with Gasteiger partial charge in [-0.3, -0.25) is 4.90 Å². The summed E-state index contributed by atoms with van der Waals surface area (Å²) in [5.74, 6) is 0.587. The molecule has 3 aromatic rings. The van der Waals surface area contributed by atoms with Crippen LogP contribution in [0.5, 0.6) is 0 Å². The normalized spacial score (nSPS) is 16.9. The van der Waals surface area contributed by atoms with Crippen molar-refractivity contribution in [3.63, 3.8) is 0 Å². The largest absolute Gasteiger partial charge is 0.284 e. The third kappa shape index (κ3) is 3.43. The Kier molecular flexibility index (Phi) is 5.00. The number of thiazole rings is 1. The number of aromatic nitrogens is 3. The molecule has 0 saturated carbocycles. The molecule has 0 atom stereocenters. The first-order chi connectivity index (χ1) is 11.7. The number of nitrogens with zero attached hydrogens (tertiary/aromatic N) is 4. The van der Waals surface area contributed by atoms with E-state index >= 15 is 0 Å². The van der Waals surface area contributed by atoms with E-state index in [4.69, 9.17) is 17.2 Å². The van der Waals surface area contributed by atoms with Crippen molar-refractivity contribution >= 4 is 56.9 Å². The van der Waals surface area contributed by atoms with Gasteiger partial charge in [-0.15, -0.1) is 11.3 Å². The number of para-hydroxylation sites is 1. The Morgan fingerprint density at radius 2 is 2.04 bits per heavy atom. The summed E-state index contributed by atoms with van der Waals surface area (Å²) >= 11 is 10.5. The van der Waals surface area contributed by atoms with E-state index < -0.39 is 0 Å². The minimum Gasteiger partial charge on any atom is -0.284 e. The van der Waals surface area contributed by atoms with Crippen LogP contribution in [0, 0.1) is 3.95 Å². The molecule has 1 aromatic carbocycles. The Hall–Kier alpha value is -0.800. The lowest BCUT2D eigenvalue weighted by molar-refractivity contribution is 0.160. The van der Waals surface area contributed by atoms with Gasteiger partial charge in [0.25, 0.3) is 0 Å². The zero-order valence-corrected chi connectivity index (χ0v) is 16.6. The molecular formula is C16H18N4S4. The fraction of sp³-hybridized carbons (Fsp3) is 0.438. The maximum atomic E-state index is 5.41. The molecule has 1 aliphatic heterocycles. The molecular weight excluding hydrogens is 376 g/mol. The molecule has 4 rings (SSSR count). The second kappa shape index (κ2) is 7.21. The third-order valence-corrected chi connectivity index (χ3v) is 7.83. The van der Waals surface area contributed by atoms with Crippen LogP contribution in [0.1, 0.15) is 23.8 Å². The predicted octanol–water partition coefficient (Wildman–Crippen LogP) is 4.84. The van der Waals surface area contributed by atoms with Crippen molar-refractivity contribution in [3.8, 4) is 0 Å². The monoisotopic (exact) mass is 394 g/mol. The van der Waals surface area contributed by atoms with Crippen LogP contribution in [0.25, 0.3) is 10.2 Å². The van der Waals surface area contributed by atoms with Crippen molar-refractivity contribution < 1.29 is 0 Å². The molecule has 0 unspecified atom stereocenters. The van der Waals surface area contributed by atoms with Crippen LogP contribution in [0.2, 0.25) is 0 Å². The maximum absolute atomic E-state index is 5.41. The van der Waals surface area contributed by atoms with Crippen LogP contribution in [0.4, 0.5) is 0 Å². The fourth-order valence-electron chi connectivity index (χ4n) is 3.03. The third-order valence-electron chi connectivity index (χ3n) is 4.34. The number of benzene rings is 1. The quantitative estimate of drug-likeness (QED) is 0.467. The summed E-state index contributed by atoms with van der Waals surface area (Å²) in [6, 6.07) is 8.43. The van der Waals surface area contributed by atoms with Crippen LogP contribution in [0.15, 0.2) is 28.6 Å². The molecule has 126 valence electrons. The second-order valence-corrected chi connectivity index (χ2v) is 9.63. The molecule has 0 N–H and O–H groups in total. The average Bonchev–Trinajstić information content (AvgIpc) is 3.19. The van der Waals surface area contributed by atoms with Crippen LogP contribution >= 0.6 is 46.7 Å². The van der Waals surface area contributed by atoms with Crippen molar-refractivity contribution in [2.24, 2.45) is 0 Å². The summed E-state index contributed by atoms with van der Waals surface area (Å²) in [5, 5.41) is 5.87. The minimum atomic E-state index is 0.587. The topological polar surface area (TPSA) is 34.0 Å². The minimum absolute atomic E-state index is 0.587. The number of likely N-dealkylation sites (tertiary alicyclic amines) is 1. The molecule has 1 fully saturated rings. The van der Waals surface area contributed by atoms with E-state index in [0.717, 1.165) is 46.4 Å². The van der Waals surface area contributed by atoms with Crippen molar-refractivity contribution in [1.82, 2.24) is 19.7 Å². The number of hydrogen-bond acceptors (Lipinski definition) is 7. The van der Waals surface area contributed by atoms with Gasteiger partial charge in [0.05, 0.1) is 21.9 Å². The van der Waals surface area contributed by atoms with Gasteiger partial charge in [-0.25, -0.2) is 9.67 Å². The van der Waals surface area contributed by atoms with Crippen molar-refractivity contribution in [1.29, 1.82) is 0 Å². The van der Waals surface area contributed by atoms with Gasteiger partial charge < -0.3 is 0 Å². The summed E-state index contributed by atoms with van der Waals surface area (Å²) in [6.07, 6.45) is 4.36. The van der Waals surface area contributed by atoms with E-state index in [1.165, 1.54) is 9.71 Å². The zero-order valence-electron chi connectivity index (χ0n) is 13.3. The van der Waals surface area contributed by atoms with Crippen molar-refractivity contribution in [2.75, 3.05) is 19.3 Å². The Morgan fingerprint density at radius 1 is 1.25 bits per heavy atom. The van der Waals surface area contributed by atoms with Gasteiger partial charge in [0.15, 0.2) is 8.29 Å². The first-order valence-corrected chi connectivity index (χ1v) is 11.2. The molecule has 1 aliphatic rings. The molecule has 0 spiro atoms. The van der Waals surface area contributed by atoms with E-state index in [1.807, 2.05) is 22.3 Å². The van der Waals surface area contributed by atoms with Crippen LogP contribution in [-0.2, 0) is 6.67 Å². The zero-order chi connectivity index (χ0) is 16.5. The highest BCUT2D eigenvalue weighted by Crippen LogP contribution is 2.34. The Morgan fingerprint density at radius 3 is 2.75 bits per heavy atom. The van der Waals surface area contributed by atoms with Gasteiger partial charge in [0, 0.05) is 19.0 Å². The van der Waals surface area contributed by atoms with Crippen LogP contribution in [0.3, 0.4) is 0 Å². The van der Waals surface area contributed by atoms with Crippen molar-refractivity contribution in [3.05, 3.63) is 33.2 Å². The molecule has 1 saturated heterocycles. The number of thioether (sulfide) groups is 1. The summed E-state index contributed by atoms with van der Waals surface area (Å²) in [5.41, 5.74) is 1.14. The maximum Gasteiger partial charge on any atom is 0.181 e. The highest BCUT2D eigenvalue weighted by atomic mass is 32.2. The molecule has 0 bridgehead atoms. The smallest absolute Gasteiger partial charge is 0.181 e. The Balaban J connectivity index is 1.41. The molecule has 2 aromatic heterocycles. The molecule has 0 radical (unpaired) electrons. The number of hydrogen-bond donors (Lipinski definition) is 0. The number of fused-ring (bicyclic) bond motifs is 1. The van der Waals surface area contributed by atoms with Gasteiger partial charge in [0.2, 0.25) is 0 Å². The molecule has 3 heterocycles. The van der Waals surface area contributed by atoms with E-state index in [9.17, 15) is 0 Å². The van der Waals surface area contributed by atoms with Gasteiger partial charge in [-0.05, 0) is 43.4 Å². The average molecular weight is 395 g/mol. The Bertz CT molecular complexity index is 856. The first kappa shape index (κ1) is 16.7. The summed E-state index contributed by atoms with van der Waals surface area (Å²) in [4.78, 5) is 7.29. The Labute approximate surface area is 158 Å². The lowest BCUT2D eigenvalue weighted by atomic mass is 9.98. The second-order valence-electron chi connectivity index (χ2n) is 5.89. The summed E-state index contributed by atoms with van der Waals surface area (Å²) in [6.45, 7) is 2.96. The summed E-state index contributed by atoms with van der Waals surface area (Å²) < 4.78 is 5.18. The SMILES string of the molecule is CSc1nn(CN2CCC(c3nc4ccccc4s3)CC2)c(=S)s1. The van der Waals surface area contributed by atoms with Gasteiger partial charge >= 0.3 is 0 Å². The predicted molar refractivity (Wildman–Crippen MR) is 106 cm³/mol. The van der Waals surface area contributed by atoms with E-state index in [-0.39, 0.29) is 0 Å². The highest BCUT2D eigenvalue weighted by molar-refractivity contribution is 8.00. The van der Waals surface area contributed by atoms with Crippen LogP contribution in [-0.4, -0.2) is 39.0 Å². The van der Waals surface area contributed by atoms with E-state index in [0.29, 0.717) is 5.92 Å². The standard InChI is InChI=1S/C16H18N4S4/c1-22-15-18-20(16(21)24-15)10-19-8-6-11(7-9-19)14-17-12-4-2-3-5-13(12)23-14/h2-5,11H,6-10H2,1H3. The number of piperidine rings is 1. The van der Waals surface area contributed by atoms with Crippen LogP contribution < -0.4 is 0 Å². The first-order valence-electron chi connectivity index (χ1n) is 7.92. The lowest BCUT2D eigenvalue weighted by Crippen LogP contribution is -2.34. The summed E-state index contributed by atoms with van der Waals surface area (Å²) in [7, 11) is 0. The molecule has 24 heavy (non-hydrogen) atoms. The molecule has 0 aliphatic carbocycles. The molecule has 0 amide bonds. The fourth-order valence-corrected chi connectivity index (χ4v) is 5.91. The van der Waals surface area contributed by atoms with Gasteiger partial charge in [-0.1, -0.05) is 35.2 Å². The van der Waals surface area contributed by atoms with E-state index in [1.54, 1.807) is 23.1 Å². The van der Waals surface area contributed by atoms with E-state index in [2.05, 4.69) is 34.3 Å². The van der Waals surface area contributed by atoms with Gasteiger partial charge in [0.1, 0.15) is 0 Å². The van der Waals surface area contributed by atoms with Gasteiger partial charge in [-0.2, -0.15) is 5.10 Å². The molecule has 4 nitrogen and oxygen atoms in total. The number of rotatable bonds is 4. The highest BCUT2D eigenvalue weighted by Gasteiger charge is 2.23. The lowest BCUT2D eigenvalue weighted by Gasteiger charge is -2.30. The molecule has 8 heteroatoms.